The van der Waals surface area contributed by atoms with Crippen LogP contribution in [0.5, 0.6) is 0 Å². The number of nitrogens with two attached hydrogens (primary N) is 1. The Balaban J connectivity index is 1.14. The van der Waals surface area contributed by atoms with Crippen molar-refractivity contribution in [2.75, 3.05) is 72.6 Å². The van der Waals surface area contributed by atoms with Gasteiger partial charge in [0, 0.05) is 38.9 Å². The molecule has 66 heavy (non-hydrogen) atoms. The molecular weight excluding hydrogens is 909 g/mol. The molecule has 10 atom stereocenters. The van der Waals surface area contributed by atoms with Gasteiger partial charge in [0.15, 0.2) is 12.4 Å². The highest BCUT2D eigenvalue weighted by Gasteiger charge is 2.57. The van der Waals surface area contributed by atoms with Crippen molar-refractivity contribution in [3.05, 3.63) is 11.9 Å². The molecule has 1 unspecified atom stereocenters. The zero-order chi connectivity index (χ0) is 48.5. The predicted molar refractivity (Wildman–Crippen MR) is 219 cm³/mol. The van der Waals surface area contributed by atoms with Gasteiger partial charge in [0.2, 0.25) is 11.7 Å². The molecule has 1 aromatic rings. The van der Waals surface area contributed by atoms with E-state index in [-0.39, 0.29) is 64.7 Å². The molecule has 0 saturated carbocycles. The van der Waals surface area contributed by atoms with Crippen molar-refractivity contribution in [2.45, 2.75) is 132 Å². The molecule has 1 aromatic heterocycles. The average molecular weight is 976 g/mol. The highest BCUT2D eigenvalue weighted by atomic mass is 31.2. The van der Waals surface area contributed by atoms with E-state index in [1.807, 2.05) is 6.20 Å². The van der Waals surface area contributed by atoms with Crippen LogP contribution in [0.2, 0.25) is 0 Å². The normalized spacial score (nSPS) is 25.5. The molecule has 2 aliphatic heterocycles. The Bertz CT molecular complexity index is 1650. The van der Waals surface area contributed by atoms with Crippen LogP contribution in [0.3, 0.4) is 0 Å². The molecular formula is C38H66N5O22P. The second-order valence-corrected chi connectivity index (χ2v) is 16.8. The van der Waals surface area contributed by atoms with E-state index in [9.17, 15) is 59.3 Å². The molecule has 380 valence electrons. The number of primary amides is 1. The highest BCUT2D eigenvalue weighted by Crippen LogP contribution is 2.43. The topological polar surface area (TPSA) is 388 Å². The number of carbonyl (C=O) groups excluding carboxylic acids is 4. The lowest BCUT2D eigenvalue weighted by Gasteiger charge is -2.41. The third kappa shape index (κ3) is 21.2. The predicted octanol–water partition coefficient (Wildman–Crippen LogP) is -2.55. The largest absolute Gasteiger partial charge is 0.472 e. The van der Waals surface area contributed by atoms with Crippen LogP contribution >= 0.6 is 7.82 Å². The molecule has 2 amide bonds. The van der Waals surface area contributed by atoms with Crippen LogP contribution in [0.4, 0.5) is 4.79 Å². The second kappa shape index (κ2) is 30.1. The monoisotopic (exact) mass is 975 g/mol. The Labute approximate surface area is 380 Å². The molecule has 2 saturated heterocycles. The number of hydrogen-bond acceptors (Lipinski definition) is 23. The van der Waals surface area contributed by atoms with Crippen LogP contribution in [0.1, 0.15) is 70.4 Å². The fourth-order valence-electron chi connectivity index (χ4n) is 6.52. The molecule has 0 spiro atoms. The standard InChI is InChI=1S/C38H66N5O22P/c1-25(46)62-28(22-59-37(39)53)23-61-66(54,55)60-14-11-40-31(48)10-13-56-16-17-57-15-12-43-19-26(41-42-43)8-6-4-2-3-5-7-9-32(49)58-21-27-18-29(47)33(50)36(63-27)65-38(24-45)35(52)34(51)30(20-44)64-38/h19,27-30,33-36,44-45,47,50-52H,2-18,20-24H2,1H3,(H2,39,53)(H,40,48)(H,54,55)/t27-,28+,29-,30+,33+,34+,35-,36+,38-/m0/s1. The van der Waals surface area contributed by atoms with Crippen LogP contribution in [0.25, 0.3) is 0 Å². The molecule has 0 aromatic carbocycles. The summed E-state index contributed by atoms with van der Waals surface area (Å²) in [5.41, 5.74) is 5.71. The Morgan fingerprint density at radius 1 is 0.939 bits per heavy atom. The molecule has 3 rings (SSSR count). The van der Waals surface area contributed by atoms with E-state index in [0.717, 1.165) is 51.1 Å². The van der Waals surface area contributed by atoms with Crippen LogP contribution in [-0.2, 0) is 78.9 Å². The van der Waals surface area contributed by atoms with Gasteiger partial charge in [0.1, 0.15) is 44.2 Å². The Kier molecular flexibility index (Phi) is 25.9. The number of esters is 2. The fourth-order valence-corrected chi connectivity index (χ4v) is 7.27. The van der Waals surface area contributed by atoms with Crippen molar-refractivity contribution in [2.24, 2.45) is 5.73 Å². The van der Waals surface area contributed by atoms with Gasteiger partial charge >= 0.3 is 25.9 Å². The summed E-state index contributed by atoms with van der Waals surface area (Å²) in [5, 5.41) is 71.3. The van der Waals surface area contributed by atoms with Gasteiger partial charge in [-0.2, -0.15) is 0 Å². The van der Waals surface area contributed by atoms with E-state index in [0.29, 0.717) is 19.6 Å². The first kappa shape index (κ1) is 56.8. The van der Waals surface area contributed by atoms with Gasteiger partial charge in [-0.25, -0.2) is 14.0 Å². The molecule has 2 fully saturated rings. The number of unbranched alkanes of at least 4 members (excludes halogenated alkanes) is 5. The smallest absolute Gasteiger partial charge is 0.463 e. The SMILES string of the molecule is CC(=O)O[C@H](COC(N)=O)COP(=O)(O)OCCNC(=O)CCOCCOCCn1cc(CCCCCCCCC(=O)OC[C@@H]2C[C@H](O)[C@@H](O)[C@@H](O[C@]3(CO)O[C@H](CO)[C@@H](O)[C@@H]3O)O2)nn1. The van der Waals surface area contributed by atoms with Crippen LogP contribution in [-0.4, -0.2) is 202 Å². The minimum atomic E-state index is -4.58. The number of ether oxygens (including phenoxy) is 8. The maximum Gasteiger partial charge on any atom is 0.472 e. The van der Waals surface area contributed by atoms with Crippen LogP contribution < -0.4 is 11.1 Å². The number of phosphoric acid groups is 1. The minimum Gasteiger partial charge on any atom is -0.463 e. The van der Waals surface area contributed by atoms with Crippen molar-refractivity contribution in [1.29, 1.82) is 0 Å². The molecule has 27 nitrogen and oxygen atoms in total. The minimum absolute atomic E-state index is 0.0247. The van der Waals surface area contributed by atoms with Gasteiger partial charge in [-0.15, -0.1) is 5.10 Å². The van der Waals surface area contributed by atoms with Gasteiger partial charge in [0.05, 0.1) is 70.7 Å². The molecule has 0 radical (unpaired) electrons. The lowest BCUT2D eigenvalue weighted by Crippen LogP contribution is -2.58. The summed E-state index contributed by atoms with van der Waals surface area (Å²) in [5.74, 6) is -3.83. The Morgan fingerprint density at radius 2 is 1.65 bits per heavy atom. The van der Waals surface area contributed by atoms with Gasteiger partial charge in [-0.05, 0) is 19.3 Å². The number of rotatable bonds is 34. The van der Waals surface area contributed by atoms with Crippen LogP contribution in [0, 0.1) is 0 Å². The van der Waals surface area contributed by atoms with Crippen molar-refractivity contribution in [3.8, 4) is 0 Å². The first-order valence-corrected chi connectivity index (χ1v) is 23.1. The second-order valence-electron chi connectivity index (χ2n) is 15.3. The molecule has 2 aliphatic rings. The summed E-state index contributed by atoms with van der Waals surface area (Å²) in [7, 11) is -4.58. The summed E-state index contributed by atoms with van der Waals surface area (Å²) in [6, 6.07) is 0. The lowest BCUT2D eigenvalue weighted by atomic mass is 10.0. The lowest BCUT2D eigenvalue weighted by molar-refractivity contribution is -0.373. The summed E-state index contributed by atoms with van der Waals surface area (Å²) in [6.45, 7) is -0.889. The number of carbonyl (C=O) groups is 4. The van der Waals surface area contributed by atoms with Gasteiger partial charge in [0.25, 0.3) is 0 Å². The third-order valence-corrected chi connectivity index (χ3v) is 10.9. The number of hydrogen-bond donors (Lipinski definition) is 9. The van der Waals surface area contributed by atoms with Crippen molar-refractivity contribution >= 4 is 31.8 Å². The average Bonchev–Trinajstić information content (AvgIpc) is 3.83. The van der Waals surface area contributed by atoms with Crippen molar-refractivity contribution in [1.82, 2.24) is 20.3 Å². The van der Waals surface area contributed by atoms with E-state index >= 15 is 0 Å². The van der Waals surface area contributed by atoms with Crippen LogP contribution in [0.15, 0.2) is 6.20 Å². The molecule has 0 bridgehead atoms. The fraction of sp³-hybridized carbons (Fsp3) is 0.842. The van der Waals surface area contributed by atoms with E-state index in [1.54, 1.807) is 4.68 Å². The number of nitrogens with zero attached hydrogens (tertiary/aromatic N) is 3. The van der Waals surface area contributed by atoms with Gasteiger partial charge in [-0.1, -0.05) is 30.9 Å². The first-order valence-electron chi connectivity index (χ1n) is 21.6. The maximum absolute atomic E-state index is 12.4. The summed E-state index contributed by atoms with van der Waals surface area (Å²) in [6.07, 6.45) is -4.53. The molecule has 28 heteroatoms. The van der Waals surface area contributed by atoms with Crippen molar-refractivity contribution < 1.29 is 106 Å². The number of nitrogens with one attached hydrogen (secondary N) is 1. The Hall–Kier alpha value is -3.51. The van der Waals surface area contributed by atoms with Crippen molar-refractivity contribution in [3.63, 3.8) is 0 Å². The molecule has 10 N–H and O–H groups in total. The molecule has 3 heterocycles. The zero-order valence-electron chi connectivity index (χ0n) is 36.9. The zero-order valence-corrected chi connectivity index (χ0v) is 37.8. The van der Waals surface area contributed by atoms with E-state index in [4.69, 9.17) is 47.9 Å². The molecule has 0 aliphatic carbocycles. The number of aliphatic hydroxyl groups is 6. The van der Waals surface area contributed by atoms with E-state index in [2.05, 4.69) is 20.4 Å². The van der Waals surface area contributed by atoms with Gasteiger partial charge in [-0.3, -0.25) is 23.4 Å². The third-order valence-electron chi connectivity index (χ3n) is 9.96. The number of aliphatic hydroxyl groups excluding tert-OH is 6. The number of aryl methyl sites for hydroxylation is 1. The number of phosphoric ester groups is 1. The summed E-state index contributed by atoms with van der Waals surface area (Å²) in [4.78, 5) is 56.0. The van der Waals surface area contributed by atoms with Gasteiger partial charge < -0.3 is 84.5 Å². The quantitative estimate of drug-likeness (QED) is 0.0149. The summed E-state index contributed by atoms with van der Waals surface area (Å²) >= 11 is 0. The maximum atomic E-state index is 12.4. The number of amides is 2. The van der Waals surface area contributed by atoms with E-state index < -0.39 is 107 Å². The first-order chi connectivity index (χ1) is 31.5. The highest BCUT2D eigenvalue weighted by molar-refractivity contribution is 7.47. The Morgan fingerprint density at radius 3 is 2.33 bits per heavy atom. The number of aromatic nitrogens is 3. The summed E-state index contributed by atoms with van der Waals surface area (Å²) < 4.78 is 65.3. The van der Waals surface area contributed by atoms with E-state index in [1.165, 1.54) is 0 Å².